The van der Waals surface area contributed by atoms with Crippen molar-refractivity contribution in [3.05, 3.63) is 58.9 Å². The Labute approximate surface area is 176 Å². The van der Waals surface area contributed by atoms with E-state index >= 15 is 0 Å². The van der Waals surface area contributed by atoms with E-state index in [-0.39, 0.29) is 30.9 Å². The lowest BCUT2D eigenvalue weighted by Gasteiger charge is -2.15. The molecule has 2 aromatic rings. The topological polar surface area (TPSA) is 94.1 Å². The predicted octanol–water partition coefficient (Wildman–Crippen LogP) is 2.84. The van der Waals surface area contributed by atoms with Crippen LogP contribution in [0, 0.1) is 17.5 Å². The summed E-state index contributed by atoms with van der Waals surface area (Å²) in [6.45, 7) is 1.08. The van der Waals surface area contributed by atoms with Gasteiger partial charge in [-0.15, -0.1) is 0 Å². The van der Waals surface area contributed by atoms with E-state index in [9.17, 15) is 27.9 Å². The summed E-state index contributed by atoms with van der Waals surface area (Å²) in [5.74, 6) is -5.56. The normalized spacial score (nSPS) is 11.6. The van der Waals surface area contributed by atoms with Crippen LogP contribution in [0.15, 0.2) is 30.3 Å². The third-order valence-corrected chi connectivity index (χ3v) is 4.24. The van der Waals surface area contributed by atoms with E-state index in [1.54, 1.807) is 19.1 Å². The number of carboxylic acids is 1. The number of amides is 1. The number of carbonyl (C=O) groups excluding carboxylic acids is 1. The van der Waals surface area contributed by atoms with Crippen LogP contribution in [0.3, 0.4) is 0 Å². The smallest absolute Gasteiger partial charge is 0.333 e. The number of hydrogen-bond acceptors (Lipinski definition) is 5. The Bertz CT molecular complexity index is 938. The highest BCUT2D eigenvalue weighted by Crippen LogP contribution is 2.28. The molecule has 0 saturated heterocycles. The summed E-state index contributed by atoms with van der Waals surface area (Å²) in [4.78, 5) is 23.3. The Morgan fingerprint density at radius 1 is 1.10 bits per heavy atom. The summed E-state index contributed by atoms with van der Waals surface area (Å²) >= 11 is 0. The maximum absolute atomic E-state index is 13.7. The van der Waals surface area contributed by atoms with Gasteiger partial charge in [-0.25, -0.2) is 18.0 Å². The molecule has 1 amide bonds. The Morgan fingerprint density at radius 3 is 2.48 bits per heavy atom. The van der Waals surface area contributed by atoms with Crippen LogP contribution in [-0.4, -0.2) is 43.4 Å². The van der Waals surface area contributed by atoms with Gasteiger partial charge in [0, 0.05) is 25.1 Å². The van der Waals surface area contributed by atoms with Gasteiger partial charge in [0.05, 0.1) is 7.11 Å². The minimum Gasteiger partial charge on any atom is -0.493 e. The molecule has 2 rings (SSSR count). The molecule has 1 unspecified atom stereocenters. The zero-order valence-electron chi connectivity index (χ0n) is 16.9. The number of ether oxygens (including phenoxy) is 3. The second-order valence-corrected chi connectivity index (χ2v) is 6.37. The number of rotatable bonds is 11. The number of benzene rings is 2. The maximum atomic E-state index is 13.7. The molecule has 0 saturated carbocycles. The lowest BCUT2D eigenvalue weighted by Crippen LogP contribution is -2.29. The summed E-state index contributed by atoms with van der Waals surface area (Å²) in [5.41, 5.74) is 0.364. The molecule has 0 aromatic heterocycles. The quantitative estimate of drug-likeness (QED) is 0.521. The molecule has 2 aromatic carbocycles. The molecule has 0 aliphatic rings. The van der Waals surface area contributed by atoms with Gasteiger partial charge in [0.1, 0.15) is 0 Å². The fraction of sp³-hybridized carbons (Fsp3) is 0.333. The van der Waals surface area contributed by atoms with Gasteiger partial charge in [0.15, 0.2) is 41.7 Å². The number of nitrogens with one attached hydrogen (secondary N) is 1. The molecule has 168 valence electrons. The molecule has 0 spiro atoms. The number of carbonyl (C=O) groups is 2. The molecular formula is C21H22F3NO6. The fourth-order valence-electron chi connectivity index (χ4n) is 2.68. The Kier molecular flexibility index (Phi) is 8.68. The molecule has 0 bridgehead atoms. The van der Waals surface area contributed by atoms with Crippen molar-refractivity contribution in [2.75, 3.05) is 20.3 Å². The Hall–Kier alpha value is -3.27. The maximum Gasteiger partial charge on any atom is 0.333 e. The second kappa shape index (κ2) is 11.2. The molecule has 0 aliphatic carbocycles. The second-order valence-electron chi connectivity index (χ2n) is 6.37. The summed E-state index contributed by atoms with van der Waals surface area (Å²) < 4.78 is 55.7. The SMILES string of the molecule is CCOC(Cc1ccc(OC)c(OCC(=O)NCc2ccc(F)c(F)c2F)c1)C(=O)O. The van der Waals surface area contributed by atoms with E-state index in [0.717, 1.165) is 12.1 Å². The van der Waals surface area contributed by atoms with Crippen molar-refractivity contribution < 1.29 is 42.1 Å². The van der Waals surface area contributed by atoms with Crippen molar-refractivity contribution in [2.24, 2.45) is 0 Å². The van der Waals surface area contributed by atoms with Gasteiger partial charge in [-0.05, 0) is 30.7 Å². The van der Waals surface area contributed by atoms with Crippen molar-refractivity contribution >= 4 is 11.9 Å². The van der Waals surface area contributed by atoms with Crippen LogP contribution >= 0.6 is 0 Å². The summed E-state index contributed by atoms with van der Waals surface area (Å²) in [6.07, 6.45) is -0.967. The van der Waals surface area contributed by atoms with Crippen LogP contribution in [0.2, 0.25) is 0 Å². The Balaban J connectivity index is 2.00. The van der Waals surface area contributed by atoms with Crippen molar-refractivity contribution in [2.45, 2.75) is 26.0 Å². The highest BCUT2D eigenvalue weighted by Gasteiger charge is 2.19. The number of methoxy groups -OCH3 is 1. The third-order valence-electron chi connectivity index (χ3n) is 4.24. The molecule has 0 aliphatic heterocycles. The Morgan fingerprint density at radius 2 is 1.84 bits per heavy atom. The van der Waals surface area contributed by atoms with Crippen LogP contribution in [0.1, 0.15) is 18.1 Å². The van der Waals surface area contributed by atoms with Crippen molar-refractivity contribution in [1.29, 1.82) is 0 Å². The highest BCUT2D eigenvalue weighted by molar-refractivity contribution is 5.77. The summed E-state index contributed by atoms with van der Waals surface area (Å²) in [7, 11) is 1.40. The van der Waals surface area contributed by atoms with E-state index in [1.165, 1.54) is 13.2 Å². The van der Waals surface area contributed by atoms with E-state index < -0.39 is 42.0 Å². The minimum atomic E-state index is -1.61. The monoisotopic (exact) mass is 441 g/mol. The average molecular weight is 441 g/mol. The van der Waals surface area contributed by atoms with E-state index in [4.69, 9.17) is 14.2 Å². The molecular weight excluding hydrogens is 419 g/mol. The van der Waals surface area contributed by atoms with Crippen LogP contribution in [0.5, 0.6) is 11.5 Å². The molecule has 0 fully saturated rings. The molecule has 7 nitrogen and oxygen atoms in total. The van der Waals surface area contributed by atoms with Gasteiger partial charge in [0.2, 0.25) is 0 Å². The number of hydrogen-bond donors (Lipinski definition) is 2. The summed E-state index contributed by atoms with van der Waals surface area (Å²) in [6, 6.07) is 6.52. The zero-order valence-corrected chi connectivity index (χ0v) is 16.9. The van der Waals surface area contributed by atoms with Crippen LogP contribution in [-0.2, 0) is 27.3 Å². The van der Waals surface area contributed by atoms with E-state index in [2.05, 4.69) is 5.32 Å². The van der Waals surface area contributed by atoms with Gasteiger partial charge in [-0.2, -0.15) is 0 Å². The largest absolute Gasteiger partial charge is 0.493 e. The number of halogens is 3. The lowest BCUT2D eigenvalue weighted by atomic mass is 10.1. The van der Waals surface area contributed by atoms with Crippen molar-refractivity contribution in [3.63, 3.8) is 0 Å². The molecule has 0 radical (unpaired) electrons. The first-order chi connectivity index (χ1) is 14.8. The fourth-order valence-corrected chi connectivity index (χ4v) is 2.68. The van der Waals surface area contributed by atoms with E-state index in [0.29, 0.717) is 11.3 Å². The van der Waals surface area contributed by atoms with Gasteiger partial charge < -0.3 is 24.6 Å². The summed E-state index contributed by atoms with van der Waals surface area (Å²) in [5, 5.41) is 11.6. The molecule has 10 heteroatoms. The van der Waals surface area contributed by atoms with Crippen molar-refractivity contribution in [1.82, 2.24) is 5.32 Å². The van der Waals surface area contributed by atoms with Crippen molar-refractivity contribution in [3.8, 4) is 11.5 Å². The van der Waals surface area contributed by atoms with Gasteiger partial charge in [0.25, 0.3) is 5.91 Å². The third kappa shape index (κ3) is 6.61. The van der Waals surface area contributed by atoms with Gasteiger partial charge >= 0.3 is 5.97 Å². The van der Waals surface area contributed by atoms with Crippen LogP contribution in [0.25, 0.3) is 0 Å². The van der Waals surface area contributed by atoms with Gasteiger partial charge in [-0.1, -0.05) is 12.1 Å². The molecule has 2 N–H and O–H groups in total. The first-order valence-corrected chi connectivity index (χ1v) is 9.30. The average Bonchev–Trinajstić information content (AvgIpc) is 2.75. The standard InChI is InChI=1S/C21H22F3NO6/c1-3-30-17(21(27)28)9-12-4-7-15(29-2)16(8-12)31-11-18(26)25-10-13-5-6-14(22)20(24)19(13)23/h4-8,17H,3,9-11H2,1-2H3,(H,25,26)(H,27,28). The highest BCUT2D eigenvalue weighted by atomic mass is 19.2. The predicted molar refractivity (Wildman–Crippen MR) is 103 cm³/mol. The lowest BCUT2D eigenvalue weighted by molar-refractivity contribution is -0.149. The van der Waals surface area contributed by atoms with E-state index in [1.807, 2.05) is 0 Å². The number of aliphatic carboxylic acids is 1. The molecule has 31 heavy (non-hydrogen) atoms. The zero-order chi connectivity index (χ0) is 23.0. The first-order valence-electron chi connectivity index (χ1n) is 9.30. The minimum absolute atomic E-state index is 0.0745. The molecule has 0 heterocycles. The number of carboxylic acid groups (broad SMARTS) is 1. The van der Waals surface area contributed by atoms with Crippen LogP contribution in [0.4, 0.5) is 13.2 Å². The first kappa shape index (κ1) is 24.0. The van der Waals surface area contributed by atoms with Crippen LogP contribution < -0.4 is 14.8 Å². The van der Waals surface area contributed by atoms with Gasteiger partial charge in [-0.3, -0.25) is 4.79 Å². The molecule has 1 atom stereocenters.